The van der Waals surface area contributed by atoms with E-state index in [-0.39, 0.29) is 5.91 Å². The fourth-order valence-electron chi connectivity index (χ4n) is 1.91. The molecule has 4 nitrogen and oxygen atoms in total. The van der Waals surface area contributed by atoms with E-state index in [9.17, 15) is 4.79 Å². The molecule has 0 radical (unpaired) electrons. The summed E-state index contributed by atoms with van der Waals surface area (Å²) >= 11 is 1.71. The van der Waals surface area contributed by atoms with Crippen molar-refractivity contribution in [3.05, 3.63) is 46.7 Å². The molecule has 1 aromatic heterocycles. The zero-order valence-corrected chi connectivity index (χ0v) is 12.3. The van der Waals surface area contributed by atoms with Gasteiger partial charge in [-0.25, -0.2) is 0 Å². The zero-order valence-electron chi connectivity index (χ0n) is 11.5. The van der Waals surface area contributed by atoms with Crippen LogP contribution in [0.25, 0.3) is 0 Å². The summed E-state index contributed by atoms with van der Waals surface area (Å²) in [5.41, 5.74) is 7.07. The maximum absolute atomic E-state index is 12.1. The quantitative estimate of drug-likeness (QED) is 0.804. The van der Waals surface area contributed by atoms with Crippen LogP contribution >= 0.6 is 11.3 Å². The maximum atomic E-state index is 12.1. The Hall–Kier alpha value is -1.85. The number of carbonyl (C=O) groups is 1. The molecule has 1 amide bonds. The molecule has 3 N–H and O–H groups in total. The van der Waals surface area contributed by atoms with Crippen LogP contribution < -0.4 is 11.1 Å². The number of para-hydroxylation sites is 2. The van der Waals surface area contributed by atoms with E-state index in [2.05, 4.69) is 23.2 Å². The average Bonchev–Trinajstić information content (AvgIpc) is 2.93. The van der Waals surface area contributed by atoms with Gasteiger partial charge in [0.1, 0.15) is 0 Å². The van der Waals surface area contributed by atoms with Crippen molar-refractivity contribution in [3.63, 3.8) is 0 Å². The first-order valence-electron chi connectivity index (χ1n) is 6.58. The minimum atomic E-state index is -0.0405. The van der Waals surface area contributed by atoms with Gasteiger partial charge in [-0.2, -0.15) is 0 Å². The van der Waals surface area contributed by atoms with Crippen molar-refractivity contribution < 1.29 is 4.79 Å². The summed E-state index contributed by atoms with van der Waals surface area (Å²) in [6, 6.07) is 11.4. The van der Waals surface area contributed by atoms with Crippen molar-refractivity contribution >= 4 is 28.6 Å². The number of anilines is 2. The number of nitrogens with two attached hydrogens (primary N) is 1. The van der Waals surface area contributed by atoms with E-state index < -0.39 is 0 Å². The third kappa shape index (κ3) is 4.08. The first-order valence-corrected chi connectivity index (χ1v) is 7.46. The van der Waals surface area contributed by atoms with Gasteiger partial charge in [0, 0.05) is 11.4 Å². The molecule has 5 heteroatoms. The molecular formula is C15H19N3OS. The van der Waals surface area contributed by atoms with E-state index in [4.69, 9.17) is 5.73 Å². The molecule has 1 heterocycles. The largest absolute Gasteiger partial charge is 0.397 e. The normalized spacial score (nSPS) is 10.7. The number of carbonyl (C=O) groups excluding carboxylic acids is 1. The minimum Gasteiger partial charge on any atom is -0.397 e. The van der Waals surface area contributed by atoms with Gasteiger partial charge in [-0.3, -0.25) is 9.69 Å². The van der Waals surface area contributed by atoms with Crippen LogP contribution in [-0.2, 0) is 11.3 Å². The third-order valence-electron chi connectivity index (χ3n) is 3.01. The molecule has 20 heavy (non-hydrogen) atoms. The number of nitrogens with zero attached hydrogens (tertiary/aromatic N) is 1. The molecule has 106 valence electrons. The Bertz CT molecular complexity index is 554. The van der Waals surface area contributed by atoms with E-state index in [0.29, 0.717) is 17.9 Å². The average molecular weight is 289 g/mol. The van der Waals surface area contributed by atoms with Crippen LogP contribution in [0.5, 0.6) is 0 Å². The second-order valence-electron chi connectivity index (χ2n) is 4.52. The highest BCUT2D eigenvalue weighted by molar-refractivity contribution is 7.09. The smallest absolute Gasteiger partial charge is 0.238 e. The molecule has 0 atom stereocenters. The third-order valence-corrected chi connectivity index (χ3v) is 3.87. The number of hydrogen-bond acceptors (Lipinski definition) is 4. The van der Waals surface area contributed by atoms with Gasteiger partial charge in [-0.1, -0.05) is 25.1 Å². The molecule has 0 aliphatic carbocycles. The van der Waals surface area contributed by atoms with Crippen molar-refractivity contribution in [1.29, 1.82) is 0 Å². The summed E-state index contributed by atoms with van der Waals surface area (Å²) in [5, 5.41) is 4.90. The predicted molar refractivity (Wildman–Crippen MR) is 84.8 cm³/mol. The fraction of sp³-hybridized carbons (Fsp3) is 0.267. The van der Waals surface area contributed by atoms with Crippen LogP contribution in [-0.4, -0.2) is 23.9 Å². The zero-order chi connectivity index (χ0) is 14.4. The second-order valence-corrected chi connectivity index (χ2v) is 5.55. The first kappa shape index (κ1) is 14.6. The molecule has 0 aliphatic rings. The lowest BCUT2D eigenvalue weighted by atomic mass is 10.2. The van der Waals surface area contributed by atoms with Crippen LogP contribution in [0.3, 0.4) is 0 Å². The van der Waals surface area contributed by atoms with E-state index in [1.165, 1.54) is 4.88 Å². The molecule has 0 bridgehead atoms. The number of rotatable bonds is 6. The van der Waals surface area contributed by atoms with Crippen molar-refractivity contribution in [3.8, 4) is 0 Å². The van der Waals surface area contributed by atoms with Gasteiger partial charge in [0.15, 0.2) is 0 Å². The van der Waals surface area contributed by atoms with Crippen LogP contribution in [0.2, 0.25) is 0 Å². The fourth-order valence-corrected chi connectivity index (χ4v) is 2.65. The number of nitrogens with one attached hydrogen (secondary N) is 1. The Labute approximate surface area is 123 Å². The molecule has 0 spiro atoms. The summed E-state index contributed by atoms with van der Waals surface area (Å²) in [7, 11) is 0. The highest BCUT2D eigenvalue weighted by Crippen LogP contribution is 2.17. The van der Waals surface area contributed by atoms with E-state index in [1.807, 2.05) is 29.6 Å². The van der Waals surface area contributed by atoms with E-state index in [0.717, 1.165) is 13.1 Å². The summed E-state index contributed by atoms with van der Waals surface area (Å²) in [5.74, 6) is -0.0405. The monoisotopic (exact) mass is 289 g/mol. The summed E-state index contributed by atoms with van der Waals surface area (Å²) in [6.07, 6.45) is 0. The Morgan fingerprint density at radius 3 is 2.75 bits per heavy atom. The molecule has 2 rings (SSSR count). The number of likely N-dealkylation sites (N-methyl/N-ethyl adjacent to an activating group) is 1. The lowest BCUT2D eigenvalue weighted by Gasteiger charge is -2.19. The van der Waals surface area contributed by atoms with Gasteiger partial charge >= 0.3 is 0 Å². The van der Waals surface area contributed by atoms with Crippen LogP contribution in [0.15, 0.2) is 41.8 Å². The van der Waals surface area contributed by atoms with Crippen LogP contribution in [0, 0.1) is 0 Å². The highest BCUT2D eigenvalue weighted by atomic mass is 32.1. The molecule has 0 aliphatic heterocycles. The van der Waals surface area contributed by atoms with Crippen molar-refractivity contribution in [1.82, 2.24) is 4.90 Å². The standard InChI is InChI=1S/C15H19N3OS/c1-2-18(10-12-6-5-9-20-12)11-15(19)17-14-8-4-3-7-13(14)16/h3-9H,2,10-11,16H2,1H3,(H,17,19). The molecule has 0 fully saturated rings. The van der Waals surface area contributed by atoms with Crippen molar-refractivity contribution in [2.45, 2.75) is 13.5 Å². The Kier molecular flexibility index (Phi) is 5.15. The topological polar surface area (TPSA) is 58.4 Å². The van der Waals surface area contributed by atoms with Gasteiger partial charge in [0.2, 0.25) is 5.91 Å². The number of amides is 1. The molecule has 0 unspecified atom stereocenters. The van der Waals surface area contributed by atoms with E-state index in [1.54, 1.807) is 17.4 Å². The minimum absolute atomic E-state index is 0.0405. The van der Waals surface area contributed by atoms with Gasteiger partial charge in [-0.05, 0) is 30.1 Å². The van der Waals surface area contributed by atoms with Crippen LogP contribution in [0.4, 0.5) is 11.4 Å². The van der Waals surface area contributed by atoms with Gasteiger partial charge < -0.3 is 11.1 Å². The van der Waals surface area contributed by atoms with Crippen molar-refractivity contribution in [2.75, 3.05) is 24.1 Å². The molecule has 0 saturated carbocycles. The lowest BCUT2D eigenvalue weighted by Crippen LogP contribution is -2.32. The molecule has 0 saturated heterocycles. The summed E-state index contributed by atoms with van der Waals surface area (Å²) in [6.45, 7) is 4.04. The second kappa shape index (κ2) is 7.07. The molecular weight excluding hydrogens is 270 g/mol. The molecule has 1 aromatic carbocycles. The van der Waals surface area contributed by atoms with Gasteiger partial charge in [0.05, 0.1) is 17.9 Å². The first-order chi connectivity index (χ1) is 9.69. The number of nitrogen functional groups attached to an aromatic ring is 1. The maximum Gasteiger partial charge on any atom is 0.238 e. The number of benzene rings is 1. The number of hydrogen-bond donors (Lipinski definition) is 2. The van der Waals surface area contributed by atoms with E-state index >= 15 is 0 Å². The lowest BCUT2D eigenvalue weighted by molar-refractivity contribution is -0.117. The Morgan fingerprint density at radius 1 is 1.30 bits per heavy atom. The van der Waals surface area contributed by atoms with Crippen LogP contribution in [0.1, 0.15) is 11.8 Å². The predicted octanol–water partition coefficient (Wildman–Crippen LogP) is 2.79. The Balaban J connectivity index is 1.91. The summed E-state index contributed by atoms with van der Waals surface area (Å²) in [4.78, 5) is 15.4. The highest BCUT2D eigenvalue weighted by Gasteiger charge is 2.11. The van der Waals surface area contributed by atoms with Gasteiger partial charge in [0.25, 0.3) is 0 Å². The molecule has 2 aromatic rings. The Morgan fingerprint density at radius 2 is 2.10 bits per heavy atom. The number of thiophene rings is 1. The van der Waals surface area contributed by atoms with Crippen molar-refractivity contribution in [2.24, 2.45) is 0 Å². The SMILES string of the molecule is CCN(CC(=O)Nc1ccccc1N)Cc1cccs1. The summed E-state index contributed by atoms with van der Waals surface area (Å²) < 4.78 is 0. The van der Waals surface area contributed by atoms with Gasteiger partial charge in [-0.15, -0.1) is 11.3 Å².